The maximum Gasteiger partial charge on any atom is 0.260 e. The molecule has 0 atom stereocenters. The molecule has 1 N–H and O–H groups in total. The van der Waals surface area contributed by atoms with Crippen LogP contribution < -0.4 is 5.32 Å². The molecule has 140 valence electrons. The second-order valence-electron chi connectivity index (χ2n) is 6.54. The quantitative estimate of drug-likeness (QED) is 0.572. The average Bonchev–Trinajstić information content (AvgIpc) is 3.36. The number of aryl methyl sites for hydroxylation is 1. The number of nitrogens with zero attached hydrogens (tertiary/aromatic N) is 4. The highest BCUT2D eigenvalue weighted by molar-refractivity contribution is 6.04. The van der Waals surface area contributed by atoms with Crippen LogP contribution in [0.15, 0.2) is 73.1 Å². The Balaban J connectivity index is 1.57. The lowest BCUT2D eigenvalue weighted by molar-refractivity contribution is 0.102. The zero-order valence-electron chi connectivity index (χ0n) is 15.8. The normalized spacial score (nSPS) is 10.8. The summed E-state index contributed by atoms with van der Waals surface area (Å²) in [7, 11) is 0. The largest absolute Gasteiger partial charge is 0.305 e. The molecular weight excluding hydrogens is 350 g/mol. The molecule has 2 aromatic carbocycles. The standard InChI is InChI=1S/C22H21N5O/c1-3-20-19(15-23-27(20)18-11-9-16(2)10-12-18)22(28)24-21-13-14-26(25-21)17-7-5-4-6-8-17/h4-15H,3H2,1-2H3,(H,24,25,28). The van der Waals surface area contributed by atoms with Gasteiger partial charge in [0.25, 0.3) is 5.91 Å². The summed E-state index contributed by atoms with van der Waals surface area (Å²) in [4.78, 5) is 12.8. The van der Waals surface area contributed by atoms with E-state index in [2.05, 4.69) is 15.5 Å². The molecule has 2 heterocycles. The molecular formula is C22H21N5O. The van der Waals surface area contributed by atoms with Crippen molar-refractivity contribution >= 4 is 11.7 Å². The van der Waals surface area contributed by atoms with Crippen LogP contribution in [-0.2, 0) is 6.42 Å². The predicted molar refractivity (Wildman–Crippen MR) is 109 cm³/mol. The summed E-state index contributed by atoms with van der Waals surface area (Å²) in [5.41, 5.74) is 4.47. The van der Waals surface area contributed by atoms with Crippen LogP contribution in [0.4, 0.5) is 5.82 Å². The van der Waals surface area contributed by atoms with Gasteiger partial charge >= 0.3 is 0 Å². The van der Waals surface area contributed by atoms with Gasteiger partial charge in [-0.15, -0.1) is 0 Å². The van der Waals surface area contributed by atoms with E-state index < -0.39 is 0 Å². The highest BCUT2D eigenvalue weighted by atomic mass is 16.1. The Kier molecular flexibility index (Phi) is 4.76. The van der Waals surface area contributed by atoms with E-state index in [1.165, 1.54) is 5.56 Å². The first-order chi connectivity index (χ1) is 13.7. The molecule has 0 aliphatic heterocycles. The highest BCUT2D eigenvalue weighted by Crippen LogP contribution is 2.18. The van der Waals surface area contributed by atoms with Crippen molar-refractivity contribution in [1.29, 1.82) is 0 Å². The summed E-state index contributed by atoms with van der Waals surface area (Å²) >= 11 is 0. The summed E-state index contributed by atoms with van der Waals surface area (Å²) in [5.74, 6) is 0.285. The molecule has 0 radical (unpaired) electrons. The van der Waals surface area contributed by atoms with Crippen molar-refractivity contribution in [1.82, 2.24) is 19.6 Å². The number of nitrogens with one attached hydrogen (secondary N) is 1. The Morgan fingerprint density at radius 3 is 2.46 bits per heavy atom. The lowest BCUT2D eigenvalue weighted by Crippen LogP contribution is -2.15. The number of benzene rings is 2. The number of aromatic nitrogens is 4. The number of carbonyl (C=O) groups is 1. The summed E-state index contributed by atoms with van der Waals surface area (Å²) in [6, 6.07) is 19.6. The van der Waals surface area contributed by atoms with Crippen molar-refractivity contribution in [3.8, 4) is 11.4 Å². The van der Waals surface area contributed by atoms with Gasteiger partial charge in [-0.1, -0.05) is 42.8 Å². The van der Waals surface area contributed by atoms with E-state index in [9.17, 15) is 4.79 Å². The first kappa shape index (κ1) is 17.7. The smallest absolute Gasteiger partial charge is 0.260 e. The number of amides is 1. The van der Waals surface area contributed by atoms with E-state index in [1.807, 2.05) is 79.3 Å². The fourth-order valence-electron chi connectivity index (χ4n) is 3.11. The summed E-state index contributed by atoms with van der Waals surface area (Å²) in [6.07, 6.45) is 4.12. The Hall–Kier alpha value is -3.67. The van der Waals surface area contributed by atoms with E-state index in [4.69, 9.17) is 0 Å². The topological polar surface area (TPSA) is 64.7 Å². The van der Waals surface area contributed by atoms with Crippen LogP contribution >= 0.6 is 0 Å². The molecule has 0 aliphatic carbocycles. The van der Waals surface area contributed by atoms with Crippen molar-refractivity contribution in [2.75, 3.05) is 5.32 Å². The van der Waals surface area contributed by atoms with Crippen LogP contribution in [0.2, 0.25) is 0 Å². The second kappa shape index (κ2) is 7.52. The van der Waals surface area contributed by atoms with E-state index in [-0.39, 0.29) is 5.91 Å². The minimum atomic E-state index is -0.214. The third kappa shape index (κ3) is 3.44. The summed E-state index contributed by atoms with van der Waals surface area (Å²) < 4.78 is 3.54. The van der Waals surface area contributed by atoms with Gasteiger partial charge < -0.3 is 5.32 Å². The van der Waals surface area contributed by atoms with Crippen LogP contribution in [0.5, 0.6) is 0 Å². The zero-order valence-corrected chi connectivity index (χ0v) is 15.8. The van der Waals surface area contributed by atoms with Gasteiger partial charge in [0.1, 0.15) is 0 Å². The molecule has 0 bridgehead atoms. The van der Waals surface area contributed by atoms with E-state index in [1.54, 1.807) is 16.9 Å². The van der Waals surface area contributed by atoms with Crippen LogP contribution in [0.3, 0.4) is 0 Å². The highest BCUT2D eigenvalue weighted by Gasteiger charge is 2.18. The lowest BCUT2D eigenvalue weighted by atomic mass is 10.1. The molecule has 6 nitrogen and oxygen atoms in total. The maximum atomic E-state index is 12.8. The molecule has 0 spiro atoms. The summed E-state index contributed by atoms with van der Waals surface area (Å²) in [5, 5.41) is 11.7. The fraction of sp³-hybridized carbons (Fsp3) is 0.136. The first-order valence-electron chi connectivity index (χ1n) is 9.22. The SMILES string of the molecule is CCc1c(C(=O)Nc2ccn(-c3ccccc3)n2)cnn1-c1ccc(C)cc1. The molecule has 0 saturated carbocycles. The monoisotopic (exact) mass is 371 g/mol. The zero-order chi connectivity index (χ0) is 19.5. The number of carbonyl (C=O) groups excluding carboxylic acids is 1. The molecule has 28 heavy (non-hydrogen) atoms. The van der Waals surface area contributed by atoms with Gasteiger partial charge in [0.2, 0.25) is 0 Å². The maximum absolute atomic E-state index is 12.8. The van der Waals surface area contributed by atoms with Crippen molar-refractivity contribution in [2.45, 2.75) is 20.3 Å². The first-order valence-corrected chi connectivity index (χ1v) is 9.22. The Labute approximate surface area is 163 Å². The third-order valence-corrected chi connectivity index (χ3v) is 4.58. The molecule has 2 aromatic heterocycles. The molecule has 0 fully saturated rings. The van der Waals surface area contributed by atoms with Crippen LogP contribution in [0.1, 0.15) is 28.5 Å². The van der Waals surface area contributed by atoms with Gasteiger partial charge in [-0.2, -0.15) is 10.2 Å². The van der Waals surface area contributed by atoms with Crippen molar-refractivity contribution < 1.29 is 4.79 Å². The van der Waals surface area contributed by atoms with Gasteiger partial charge in [-0.25, -0.2) is 9.36 Å². The summed E-state index contributed by atoms with van der Waals surface area (Å²) in [6.45, 7) is 4.06. The van der Waals surface area contributed by atoms with Crippen LogP contribution in [0.25, 0.3) is 11.4 Å². The second-order valence-corrected chi connectivity index (χ2v) is 6.54. The molecule has 4 aromatic rings. The molecule has 6 heteroatoms. The van der Waals surface area contributed by atoms with Crippen molar-refractivity contribution in [3.63, 3.8) is 0 Å². The minimum absolute atomic E-state index is 0.214. The van der Waals surface area contributed by atoms with Gasteiger partial charge in [0, 0.05) is 12.3 Å². The molecule has 4 rings (SSSR count). The van der Waals surface area contributed by atoms with Crippen molar-refractivity contribution in [2.24, 2.45) is 0 Å². The van der Waals surface area contributed by atoms with E-state index >= 15 is 0 Å². The molecule has 0 aliphatic rings. The Bertz CT molecular complexity index is 1090. The lowest BCUT2D eigenvalue weighted by Gasteiger charge is -2.08. The van der Waals surface area contributed by atoms with Gasteiger partial charge in [-0.05, 0) is 37.6 Å². The average molecular weight is 371 g/mol. The Morgan fingerprint density at radius 2 is 1.75 bits per heavy atom. The number of hydrogen-bond acceptors (Lipinski definition) is 3. The number of para-hydroxylation sites is 1. The van der Waals surface area contributed by atoms with Gasteiger partial charge in [0.05, 0.1) is 28.8 Å². The molecule has 1 amide bonds. The number of rotatable bonds is 5. The minimum Gasteiger partial charge on any atom is -0.305 e. The predicted octanol–water partition coefficient (Wildman–Crippen LogP) is 4.18. The molecule has 0 unspecified atom stereocenters. The van der Waals surface area contributed by atoms with E-state index in [0.717, 1.165) is 17.1 Å². The van der Waals surface area contributed by atoms with Crippen molar-refractivity contribution in [3.05, 3.63) is 89.9 Å². The van der Waals surface area contributed by atoms with Crippen LogP contribution in [-0.4, -0.2) is 25.5 Å². The van der Waals surface area contributed by atoms with Crippen LogP contribution in [0, 0.1) is 6.92 Å². The molecule has 0 saturated heterocycles. The number of hydrogen-bond donors (Lipinski definition) is 1. The van der Waals surface area contributed by atoms with E-state index in [0.29, 0.717) is 17.8 Å². The Morgan fingerprint density at radius 1 is 1.00 bits per heavy atom. The van der Waals surface area contributed by atoms with Gasteiger partial charge in [0.15, 0.2) is 5.82 Å². The number of anilines is 1. The third-order valence-electron chi connectivity index (χ3n) is 4.58. The van der Waals surface area contributed by atoms with Gasteiger partial charge in [-0.3, -0.25) is 4.79 Å². The fourth-order valence-corrected chi connectivity index (χ4v) is 3.11.